The van der Waals surface area contributed by atoms with E-state index in [-0.39, 0.29) is 0 Å². The second-order valence-corrected chi connectivity index (χ2v) is 7.50. The van der Waals surface area contributed by atoms with Crippen molar-refractivity contribution in [2.75, 3.05) is 51.6 Å². The topological polar surface area (TPSA) is 57.2 Å². The van der Waals surface area contributed by atoms with E-state index in [1.54, 1.807) is 6.33 Å². The zero-order valence-corrected chi connectivity index (χ0v) is 15.9. The number of hydrogen-bond acceptors (Lipinski definition) is 7. The van der Waals surface area contributed by atoms with Crippen molar-refractivity contribution in [1.82, 2.24) is 24.1 Å². The summed E-state index contributed by atoms with van der Waals surface area (Å²) in [5.41, 5.74) is 2.96. The largest absolute Gasteiger partial charge is 0.369 e. The standard InChI is InChI=1S/C19H24N6S/c1-24-10-12-25(13-11-24)9-5-8-20-19-18-17(21-14-22-19)16(23-26-18)15-6-3-2-4-7-15/h2-4,6-7,14H,5,8-13H2,1H3,(H,20,21,22). The van der Waals surface area contributed by atoms with E-state index in [1.165, 1.54) is 37.7 Å². The third-order valence-corrected chi connectivity index (χ3v) is 5.69. The van der Waals surface area contributed by atoms with Crippen LogP contribution in [0.2, 0.25) is 0 Å². The summed E-state index contributed by atoms with van der Waals surface area (Å²) in [7, 11) is 2.19. The minimum atomic E-state index is 0.896. The summed E-state index contributed by atoms with van der Waals surface area (Å²) in [6.07, 6.45) is 2.74. The number of benzene rings is 1. The SMILES string of the molecule is CN1CCN(CCCNc2ncnc3c(-c4ccccc4)nsc23)CC1. The van der Waals surface area contributed by atoms with E-state index in [0.717, 1.165) is 46.8 Å². The van der Waals surface area contributed by atoms with E-state index in [1.807, 2.05) is 18.2 Å². The molecule has 0 saturated carbocycles. The average Bonchev–Trinajstić information content (AvgIpc) is 3.12. The van der Waals surface area contributed by atoms with Gasteiger partial charge in [0.1, 0.15) is 28.1 Å². The van der Waals surface area contributed by atoms with Crippen molar-refractivity contribution in [1.29, 1.82) is 0 Å². The van der Waals surface area contributed by atoms with Crippen LogP contribution < -0.4 is 5.32 Å². The molecule has 1 saturated heterocycles. The quantitative estimate of drug-likeness (QED) is 0.675. The molecule has 3 aromatic rings. The Balaban J connectivity index is 1.39. The van der Waals surface area contributed by atoms with Gasteiger partial charge in [-0.05, 0) is 31.5 Å². The maximum atomic E-state index is 4.62. The molecule has 1 aromatic carbocycles. The van der Waals surface area contributed by atoms with Crippen LogP contribution in [0, 0.1) is 0 Å². The highest BCUT2D eigenvalue weighted by atomic mass is 32.1. The minimum absolute atomic E-state index is 0.896. The molecule has 0 bridgehead atoms. The molecule has 3 heterocycles. The number of nitrogens with zero attached hydrogens (tertiary/aromatic N) is 5. The lowest BCUT2D eigenvalue weighted by atomic mass is 10.1. The fourth-order valence-corrected chi connectivity index (χ4v) is 4.08. The minimum Gasteiger partial charge on any atom is -0.369 e. The summed E-state index contributed by atoms with van der Waals surface area (Å²) < 4.78 is 5.65. The van der Waals surface area contributed by atoms with Crippen molar-refractivity contribution in [3.8, 4) is 11.3 Å². The van der Waals surface area contributed by atoms with Gasteiger partial charge < -0.3 is 15.1 Å². The van der Waals surface area contributed by atoms with Gasteiger partial charge in [0.2, 0.25) is 0 Å². The van der Waals surface area contributed by atoms with E-state index < -0.39 is 0 Å². The smallest absolute Gasteiger partial charge is 0.149 e. The number of anilines is 1. The molecule has 6 nitrogen and oxygen atoms in total. The van der Waals surface area contributed by atoms with Crippen LogP contribution in [0.25, 0.3) is 21.5 Å². The fraction of sp³-hybridized carbons (Fsp3) is 0.421. The summed E-state index contributed by atoms with van der Waals surface area (Å²) >= 11 is 1.47. The number of piperazine rings is 1. The number of aromatic nitrogens is 3. The first-order valence-corrected chi connectivity index (χ1v) is 9.89. The molecule has 26 heavy (non-hydrogen) atoms. The van der Waals surface area contributed by atoms with Crippen LogP contribution >= 0.6 is 11.5 Å². The first-order chi connectivity index (χ1) is 12.8. The van der Waals surface area contributed by atoms with Gasteiger partial charge in [-0.25, -0.2) is 9.97 Å². The molecule has 0 aliphatic carbocycles. The van der Waals surface area contributed by atoms with Crippen molar-refractivity contribution >= 4 is 27.6 Å². The van der Waals surface area contributed by atoms with Crippen LogP contribution in [0.1, 0.15) is 6.42 Å². The van der Waals surface area contributed by atoms with Crippen LogP contribution in [0.5, 0.6) is 0 Å². The van der Waals surface area contributed by atoms with E-state index in [9.17, 15) is 0 Å². The Kier molecular flexibility index (Phi) is 5.38. The highest BCUT2D eigenvalue weighted by Crippen LogP contribution is 2.32. The molecule has 136 valence electrons. The first kappa shape index (κ1) is 17.3. The maximum Gasteiger partial charge on any atom is 0.149 e. The maximum absolute atomic E-state index is 4.62. The molecule has 0 atom stereocenters. The Morgan fingerprint density at radius 1 is 1.08 bits per heavy atom. The van der Waals surface area contributed by atoms with Gasteiger partial charge in [0.05, 0.1) is 0 Å². The van der Waals surface area contributed by atoms with E-state index in [0.29, 0.717) is 0 Å². The lowest BCUT2D eigenvalue weighted by Gasteiger charge is -2.32. The third kappa shape index (κ3) is 3.85. The molecule has 1 fully saturated rings. The van der Waals surface area contributed by atoms with Crippen LogP contribution in [-0.2, 0) is 0 Å². The summed E-state index contributed by atoms with van der Waals surface area (Å²) in [5, 5.41) is 3.48. The van der Waals surface area contributed by atoms with Gasteiger partial charge in [0.15, 0.2) is 0 Å². The number of likely N-dealkylation sites (N-methyl/N-ethyl adjacent to an activating group) is 1. The number of nitrogens with one attached hydrogen (secondary N) is 1. The second kappa shape index (κ2) is 8.07. The lowest BCUT2D eigenvalue weighted by molar-refractivity contribution is 0.154. The summed E-state index contributed by atoms with van der Waals surface area (Å²) in [4.78, 5) is 13.8. The Labute approximate surface area is 158 Å². The summed E-state index contributed by atoms with van der Waals surface area (Å²) in [6.45, 7) is 6.73. The van der Waals surface area contributed by atoms with Gasteiger partial charge in [-0.2, -0.15) is 4.37 Å². The van der Waals surface area contributed by atoms with Gasteiger partial charge in [-0.15, -0.1) is 0 Å². The van der Waals surface area contributed by atoms with Crippen molar-refractivity contribution in [3.63, 3.8) is 0 Å². The number of rotatable bonds is 6. The molecule has 0 spiro atoms. The van der Waals surface area contributed by atoms with Gasteiger partial charge in [-0.1, -0.05) is 30.3 Å². The Morgan fingerprint density at radius 2 is 1.88 bits per heavy atom. The molecule has 4 rings (SSSR count). The van der Waals surface area contributed by atoms with E-state index in [4.69, 9.17) is 0 Å². The zero-order chi connectivity index (χ0) is 17.8. The monoisotopic (exact) mass is 368 g/mol. The van der Waals surface area contributed by atoms with Crippen molar-refractivity contribution < 1.29 is 0 Å². The lowest BCUT2D eigenvalue weighted by Crippen LogP contribution is -2.44. The molecular weight excluding hydrogens is 344 g/mol. The van der Waals surface area contributed by atoms with Crippen LogP contribution in [0.3, 0.4) is 0 Å². The first-order valence-electron chi connectivity index (χ1n) is 9.12. The van der Waals surface area contributed by atoms with Gasteiger partial charge in [0.25, 0.3) is 0 Å². The predicted octanol–water partition coefficient (Wildman–Crippen LogP) is 2.80. The van der Waals surface area contributed by atoms with Crippen LogP contribution in [0.15, 0.2) is 36.7 Å². The van der Waals surface area contributed by atoms with Crippen LogP contribution in [-0.4, -0.2) is 70.5 Å². The summed E-state index contributed by atoms with van der Waals surface area (Å²) in [5.74, 6) is 0.896. The fourth-order valence-electron chi connectivity index (χ4n) is 3.26. The molecule has 1 aliphatic rings. The highest BCUT2D eigenvalue weighted by molar-refractivity contribution is 7.14. The zero-order valence-electron chi connectivity index (χ0n) is 15.1. The molecular formula is C19H24N6S. The average molecular weight is 369 g/mol. The van der Waals surface area contributed by atoms with E-state index >= 15 is 0 Å². The van der Waals surface area contributed by atoms with Gasteiger partial charge >= 0.3 is 0 Å². The molecule has 0 unspecified atom stereocenters. The Morgan fingerprint density at radius 3 is 2.69 bits per heavy atom. The Hall–Kier alpha value is -2.09. The number of fused-ring (bicyclic) bond motifs is 1. The molecule has 0 amide bonds. The predicted molar refractivity (Wildman–Crippen MR) is 108 cm³/mol. The number of hydrogen-bond donors (Lipinski definition) is 1. The molecule has 0 radical (unpaired) electrons. The highest BCUT2D eigenvalue weighted by Gasteiger charge is 2.15. The molecule has 1 N–H and O–H groups in total. The van der Waals surface area contributed by atoms with E-state index in [2.05, 4.69) is 48.6 Å². The van der Waals surface area contributed by atoms with Crippen molar-refractivity contribution in [2.24, 2.45) is 0 Å². The normalized spacial score (nSPS) is 16.2. The van der Waals surface area contributed by atoms with Gasteiger partial charge in [-0.3, -0.25) is 0 Å². The molecule has 7 heteroatoms. The third-order valence-electron chi connectivity index (χ3n) is 4.84. The van der Waals surface area contributed by atoms with Crippen molar-refractivity contribution in [2.45, 2.75) is 6.42 Å². The summed E-state index contributed by atoms with van der Waals surface area (Å²) in [6, 6.07) is 10.2. The Bertz CT molecular complexity index is 842. The molecule has 2 aromatic heterocycles. The van der Waals surface area contributed by atoms with Crippen molar-refractivity contribution in [3.05, 3.63) is 36.7 Å². The molecule has 1 aliphatic heterocycles. The van der Waals surface area contributed by atoms with Crippen LogP contribution in [0.4, 0.5) is 5.82 Å². The second-order valence-electron chi connectivity index (χ2n) is 6.72. The van der Waals surface area contributed by atoms with Gasteiger partial charge in [0, 0.05) is 38.3 Å².